The summed E-state index contributed by atoms with van der Waals surface area (Å²) >= 11 is 0. The van der Waals surface area contributed by atoms with E-state index in [0.29, 0.717) is 12.4 Å². The van der Waals surface area contributed by atoms with E-state index in [-0.39, 0.29) is 24.5 Å². The van der Waals surface area contributed by atoms with Gasteiger partial charge in [0.05, 0.1) is 6.61 Å². The van der Waals surface area contributed by atoms with Gasteiger partial charge in [-0.05, 0) is 31.9 Å². The Morgan fingerprint density at radius 1 is 1.04 bits per heavy atom. The van der Waals surface area contributed by atoms with Crippen LogP contribution in [0.15, 0.2) is 60.7 Å². The fourth-order valence-corrected chi connectivity index (χ4v) is 2.79. The monoisotopic (exact) mass is 353 g/mol. The molecule has 136 valence electrons. The number of nitrogens with zero attached hydrogens (tertiary/aromatic N) is 1. The Morgan fingerprint density at radius 3 is 2.23 bits per heavy atom. The summed E-state index contributed by atoms with van der Waals surface area (Å²) in [6.07, 6.45) is 1.00. The zero-order valence-corrected chi connectivity index (χ0v) is 14.8. The van der Waals surface area contributed by atoms with E-state index in [1.165, 1.54) is 0 Å². The quantitative estimate of drug-likeness (QED) is 0.683. The standard InChI is InChI=1S/C21H23NO4/c1-2-25-19(23)15-22(17-13-14-17)21(24)20(16-9-5-3-6-10-16)26-18-11-7-4-8-12-18/h3-12,17,20H,2,13-15H2,1H3/t20-/m1/s1. The van der Waals surface area contributed by atoms with Crippen molar-refractivity contribution in [3.8, 4) is 5.75 Å². The lowest BCUT2D eigenvalue weighted by Crippen LogP contribution is -2.42. The summed E-state index contributed by atoms with van der Waals surface area (Å²) in [5, 5.41) is 0. The zero-order chi connectivity index (χ0) is 18.4. The van der Waals surface area contributed by atoms with E-state index in [2.05, 4.69) is 0 Å². The highest BCUT2D eigenvalue weighted by Gasteiger charge is 2.38. The molecule has 0 bridgehead atoms. The number of para-hydroxylation sites is 1. The Bertz CT molecular complexity index is 728. The van der Waals surface area contributed by atoms with Crippen LogP contribution in [-0.2, 0) is 14.3 Å². The van der Waals surface area contributed by atoms with E-state index in [1.807, 2.05) is 60.7 Å². The molecule has 1 fully saturated rings. The molecule has 0 saturated heterocycles. The van der Waals surface area contributed by atoms with Crippen molar-refractivity contribution in [3.05, 3.63) is 66.2 Å². The number of carbonyl (C=O) groups excluding carboxylic acids is 2. The summed E-state index contributed by atoms with van der Waals surface area (Å²) in [6.45, 7) is 2.01. The molecule has 0 radical (unpaired) electrons. The molecule has 1 aliphatic rings. The normalized spacial score (nSPS) is 14.3. The average molecular weight is 353 g/mol. The molecule has 2 aromatic rings. The Labute approximate surface area is 153 Å². The molecule has 0 heterocycles. The highest BCUT2D eigenvalue weighted by atomic mass is 16.5. The van der Waals surface area contributed by atoms with Crippen molar-refractivity contribution in [1.82, 2.24) is 4.90 Å². The molecule has 1 amide bonds. The molecule has 0 unspecified atom stereocenters. The van der Waals surface area contributed by atoms with Crippen molar-refractivity contribution >= 4 is 11.9 Å². The lowest BCUT2D eigenvalue weighted by molar-refractivity contribution is -0.152. The van der Waals surface area contributed by atoms with Crippen LogP contribution in [-0.4, -0.2) is 36.0 Å². The fraction of sp³-hybridized carbons (Fsp3) is 0.333. The molecule has 1 atom stereocenters. The van der Waals surface area contributed by atoms with Gasteiger partial charge >= 0.3 is 5.97 Å². The van der Waals surface area contributed by atoms with Gasteiger partial charge in [-0.15, -0.1) is 0 Å². The third-order valence-electron chi connectivity index (χ3n) is 4.20. The fourth-order valence-electron chi connectivity index (χ4n) is 2.79. The third-order valence-corrected chi connectivity index (χ3v) is 4.20. The maximum atomic E-state index is 13.3. The first kappa shape index (κ1) is 18.0. The van der Waals surface area contributed by atoms with Gasteiger partial charge in [0, 0.05) is 11.6 Å². The van der Waals surface area contributed by atoms with Crippen LogP contribution in [0.4, 0.5) is 0 Å². The van der Waals surface area contributed by atoms with Crippen LogP contribution < -0.4 is 4.74 Å². The Morgan fingerprint density at radius 2 is 1.65 bits per heavy atom. The molecule has 1 aliphatic carbocycles. The van der Waals surface area contributed by atoms with Crippen molar-refractivity contribution < 1.29 is 19.1 Å². The lowest BCUT2D eigenvalue weighted by Gasteiger charge is -2.27. The zero-order valence-electron chi connectivity index (χ0n) is 14.8. The number of benzene rings is 2. The van der Waals surface area contributed by atoms with Crippen molar-refractivity contribution in [2.75, 3.05) is 13.2 Å². The lowest BCUT2D eigenvalue weighted by atomic mass is 10.1. The van der Waals surface area contributed by atoms with Crippen LogP contribution in [0.5, 0.6) is 5.75 Å². The van der Waals surface area contributed by atoms with E-state index in [0.717, 1.165) is 18.4 Å². The van der Waals surface area contributed by atoms with Crippen molar-refractivity contribution in [3.63, 3.8) is 0 Å². The number of carbonyl (C=O) groups is 2. The van der Waals surface area contributed by atoms with Gasteiger partial charge < -0.3 is 14.4 Å². The predicted octanol–water partition coefficient (Wildman–Crippen LogP) is 3.36. The first-order valence-corrected chi connectivity index (χ1v) is 8.91. The maximum absolute atomic E-state index is 13.3. The minimum Gasteiger partial charge on any atom is -0.476 e. The van der Waals surface area contributed by atoms with Crippen LogP contribution in [0.25, 0.3) is 0 Å². The number of ether oxygens (including phenoxy) is 2. The molecule has 5 nitrogen and oxygen atoms in total. The molecule has 3 rings (SSSR count). The molecule has 0 aromatic heterocycles. The van der Waals surface area contributed by atoms with E-state index in [9.17, 15) is 9.59 Å². The smallest absolute Gasteiger partial charge is 0.325 e. The summed E-state index contributed by atoms with van der Waals surface area (Å²) in [5.41, 5.74) is 0.760. The predicted molar refractivity (Wildman–Crippen MR) is 97.6 cm³/mol. The number of hydrogen-bond acceptors (Lipinski definition) is 4. The van der Waals surface area contributed by atoms with Crippen LogP contribution in [0.2, 0.25) is 0 Å². The van der Waals surface area contributed by atoms with E-state index in [4.69, 9.17) is 9.47 Å². The van der Waals surface area contributed by atoms with Gasteiger partial charge in [0.15, 0.2) is 0 Å². The van der Waals surface area contributed by atoms with E-state index in [1.54, 1.807) is 11.8 Å². The van der Waals surface area contributed by atoms with Crippen LogP contribution in [0, 0.1) is 0 Å². The summed E-state index contributed by atoms with van der Waals surface area (Å²) in [7, 11) is 0. The first-order chi connectivity index (χ1) is 12.7. The SMILES string of the molecule is CCOC(=O)CN(C(=O)[C@H](Oc1ccccc1)c1ccccc1)C1CC1. The molecule has 0 spiro atoms. The van der Waals surface area contributed by atoms with Crippen LogP contribution in [0.1, 0.15) is 31.4 Å². The average Bonchev–Trinajstić information content (AvgIpc) is 3.50. The van der Waals surface area contributed by atoms with E-state index < -0.39 is 6.10 Å². The minimum absolute atomic E-state index is 0.0428. The second kappa shape index (κ2) is 8.52. The van der Waals surface area contributed by atoms with Gasteiger partial charge in [-0.1, -0.05) is 48.5 Å². The number of esters is 1. The second-order valence-electron chi connectivity index (χ2n) is 6.22. The van der Waals surface area contributed by atoms with Crippen molar-refractivity contribution in [1.29, 1.82) is 0 Å². The topological polar surface area (TPSA) is 55.8 Å². The Balaban J connectivity index is 1.84. The highest BCUT2D eigenvalue weighted by Crippen LogP contribution is 2.31. The van der Waals surface area contributed by atoms with Crippen LogP contribution in [0.3, 0.4) is 0 Å². The van der Waals surface area contributed by atoms with Gasteiger partial charge in [0.25, 0.3) is 5.91 Å². The van der Waals surface area contributed by atoms with Crippen molar-refractivity contribution in [2.45, 2.75) is 31.9 Å². The van der Waals surface area contributed by atoms with E-state index >= 15 is 0 Å². The molecular weight excluding hydrogens is 330 g/mol. The maximum Gasteiger partial charge on any atom is 0.325 e. The highest BCUT2D eigenvalue weighted by molar-refractivity contribution is 5.87. The minimum atomic E-state index is -0.798. The number of amides is 1. The summed E-state index contributed by atoms with van der Waals surface area (Å²) in [6, 6.07) is 18.7. The van der Waals surface area contributed by atoms with Crippen molar-refractivity contribution in [2.24, 2.45) is 0 Å². The molecular formula is C21H23NO4. The second-order valence-corrected chi connectivity index (χ2v) is 6.22. The largest absolute Gasteiger partial charge is 0.476 e. The van der Waals surface area contributed by atoms with Gasteiger partial charge in [0.1, 0.15) is 12.3 Å². The Kier molecular flexibility index (Phi) is 5.89. The first-order valence-electron chi connectivity index (χ1n) is 8.91. The van der Waals surface area contributed by atoms with Gasteiger partial charge in [-0.25, -0.2) is 0 Å². The summed E-state index contributed by atoms with van der Waals surface area (Å²) in [5.74, 6) is 0.0106. The summed E-state index contributed by atoms with van der Waals surface area (Å²) in [4.78, 5) is 26.8. The van der Waals surface area contributed by atoms with Gasteiger partial charge in [0.2, 0.25) is 6.10 Å². The Hall–Kier alpha value is -2.82. The van der Waals surface area contributed by atoms with Gasteiger partial charge in [-0.2, -0.15) is 0 Å². The molecule has 0 aliphatic heterocycles. The summed E-state index contributed by atoms with van der Waals surface area (Å²) < 4.78 is 11.1. The molecule has 0 N–H and O–H groups in total. The third kappa shape index (κ3) is 4.63. The van der Waals surface area contributed by atoms with Crippen LogP contribution >= 0.6 is 0 Å². The number of rotatable bonds is 8. The number of hydrogen-bond donors (Lipinski definition) is 0. The molecule has 26 heavy (non-hydrogen) atoms. The van der Waals surface area contributed by atoms with Gasteiger partial charge in [-0.3, -0.25) is 9.59 Å². The molecule has 1 saturated carbocycles. The molecule has 5 heteroatoms. The molecule has 2 aromatic carbocycles.